The predicted octanol–water partition coefficient (Wildman–Crippen LogP) is 3.59. The smallest absolute Gasteiger partial charge is 0.255 e. The summed E-state index contributed by atoms with van der Waals surface area (Å²) >= 11 is 0. The first-order valence-corrected chi connectivity index (χ1v) is 11.3. The summed E-state index contributed by atoms with van der Waals surface area (Å²) in [5.74, 6) is -1.90. The fourth-order valence-corrected chi connectivity index (χ4v) is 4.60. The van der Waals surface area contributed by atoms with Gasteiger partial charge < -0.3 is 15.4 Å². The SMILES string of the molecule is COc1ccc(NC(=O)CCN2C(=O)C3CCCCC3C2=O)cc1NC(=O)c1cccc(F)c1. The summed E-state index contributed by atoms with van der Waals surface area (Å²) in [4.78, 5) is 51.4. The first-order chi connectivity index (χ1) is 16.4. The molecule has 0 bridgehead atoms. The van der Waals surface area contributed by atoms with E-state index in [0.717, 1.165) is 31.7 Å². The minimum Gasteiger partial charge on any atom is -0.495 e. The fraction of sp³-hybridized carbons (Fsp3) is 0.360. The number of hydrogen-bond acceptors (Lipinski definition) is 5. The number of hydrogen-bond donors (Lipinski definition) is 2. The number of carbonyl (C=O) groups is 4. The number of anilines is 2. The second-order valence-corrected chi connectivity index (χ2v) is 8.50. The van der Waals surface area contributed by atoms with Crippen molar-refractivity contribution in [1.29, 1.82) is 0 Å². The topological polar surface area (TPSA) is 105 Å². The summed E-state index contributed by atoms with van der Waals surface area (Å²) in [6.45, 7) is 0.0375. The van der Waals surface area contributed by atoms with Crippen LogP contribution in [0.25, 0.3) is 0 Å². The van der Waals surface area contributed by atoms with Crippen molar-refractivity contribution in [2.24, 2.45) is 11.8 Å². The molecular weight excluding hydrogens is 441 g/mol. The third-order valence-electron chi connectivity index (χ3n) is 6.31. The van der Waals surface area contributed by atoms with Gasteiger partial charge in [0.2, 0.25) is 17.7 Å². The number of amides is 4. The summed E-state index contributed by atoms with van der Waals surface area (Å²) in [6.07, 6.45) is 3.32. The molecule has 0 radical (unpaired) electrons. The number of ether oxygens (including phenoxy) is 1. The summed E-state index contributed by atoms with van der Waals surface area (Å²) in [7, 11) is 1.44. The zero-order valence-electron chi connectivity index (χ0n) is 18.8. The molecule has 2 unspecified atom stereocenters. The molecule has 178 valence electrons. The van der Waals surface area contributed by atoms with E-state index in [4.69, 9.17) is 4.74 Å². The second kappa shape index (κ2) is 10.0. The predicted molar refractivity (Wildman–Crippen MR) is 123 cm³/mol. The highest BCUT2D eigenvalue weighted by Crippen LogP contribution is 2.38. The van der Waals surface area contributed by atoms with Crippen LogP contribution in [0.1, 0.15) is 42.5 Å². The number of likely N-dealkylation sites (tertiary alicyclic amines) is 1. The molecule has 0 aromatic heterocycles. The van der Waals surface area contributed by atoms with E-state index < -0.39 is 11.7 Å². The maximum atomic E-state index is 13.4. The normalized spacial score (nSPS) is 19.5. The fourth-order valence-electron chi connectivity index (χ4n) is 4.60. The standard InChI is InChI=1S/C25H26FN3O5/c1-34-21-10-9-17(14-20(21)28-23(31)15-5-4-6-16(26)13-15)27-22(30)11-12-29-24(32)18-7-2-3-8-19(18)25(29)33/h4-6,9-10,13-14,18-19H,2-3,7-8,11-12H2,1H3,(H,27,30)(H,28,31). The van der Waals surface area contributed by atoms with Crippen molar-refractivity contribution in [2.75, 3.05) is 24.3 Å². The van der Waals surface area contributed by atoms with Crippen LogP contribution in [-0.4, -0.2) is 42.2 Å². The number of methoxy groups -OCH3 is 1. The highest BCUT2D eigenvalue weighted by molar-refractivity contribution is 6.06. The van der Waals surface area contributed by atoms with E-state index in [1.165, 1.54) is 36.3 Å². The minimum atomic E-state index is -0.534. The number of nitrogens with zero attached hydrogens (tertiary/aromatic N) is 1. The van der Waals surface area contributed by atoms with E-state index in [1.54, 1.807) is 12.1 Å². The number of carbonyl (C=O) groups excluding carboxylic acids is 4. The van der Waals surface area contributed by atoms with Gasteiger partial charge in [-0.25, -0.2) is 4.39 Å². The molecule has 2 aromatic rings. The summed E-state index contributed by atoms with van der Waals surface area (Å²) in [5, 5.41) is 5.37. The zero-order valence-corrected chi connectivity index (χ0v) is 18.8. The van der Waals surface area contributed by atoms with Crippen LogP contribution in [0.5, 0.6) is 5.75 Å². The van der Waals surface area contributed by atoms with Crippen molar-refractivity contribution < 1.29 is 28.3 Å². The molecule has 34 heavy (non-hydrogen) atoms. The van der Waals surface area contributed by atoms with E-state index in [0.29, 0.717) is 17.1 Å². The third kappa shape index (κ3) is 4.93. The van der Waals surface area contributed by atoms with Crippen LogP contribution in [0, 0.1) is 17.7 Å². The average Bonchev–Trinajstić information content (AvgIpc) is 3.07. The van der Waals surface area contributed by atoms with Gasteiger partial charge in [-0.15, -0.1) is 0 Å². The highest BCUT2D eigenvalue weighted by atomic mass is 19.1. The Labute approximate surface area is 196 Å². The molecular formula is C25H26FN3O5. The van der Waals surface area contributed by atoms with Gasteiger partial charge >= 0.3 is 0 Å². The number of nitrogens with one attached hydrogen (secondary N) is 2. The number of benzene rings is 2. The maximum Gasteiger partial charge on any atom is 0.255 e. The van der Waals surface area contributed by atoms with Gasteiger partial charge in [0.1, 0.15) is 11.6 Å². The summed E-state index contributed by atoms with van der Waals surface area (Å²) in [6, 6.07) is 9.98. The van der Waals surface area contributed by atoms with Gasteiger partial charge in [0.25, 0.3) is 5.91 Å². The molecule has 1 saturated heterocycles. The Hall–Kier alpha value is -3.75. The van der Waals surface area contributed by atoms with Crippen molar-refractivity contribution in [1.82, 2.24) is 4.90 Å². The molecule has 1 aliphatic carbocycles. The second-order valence-electron chi connectivity index (χ2n) is 8.50. The van der Waals surface area contributed by atoms with Gasteiger partial charge in [-0.1, -0.05) is 18.9 Å². The molecule has 2 atom stereocenters. The van der Waals surface area contributed by atoms with Gasteiger partial charge in [-0.2, -0.15) is 0 Å². The van der Waals surface area contributed by atoms with Crippen molar-refractivity contribution in [3.8, 4) is 5.75 Å². The number of rotatable bonds is 7. The number of halogens is 1. The maximum absolute atomic E-state index is 13.4. The lowest BCUT2D eigenvalue weighted by molar-refractivity contribution is -0.140. The Morgan fingerprint density at radius 2 is 1.74 bits per heavy atom. The van der Waals surface area contributed by atoms with E-state index in [-0.39, 0.29) is 48.1 Å². The molecule has 8 nitrogen and oxygen atoms in total. The Morgan fingerprint density at radius 3 is 2.38 bits per heavy atom. The lowest BCUT2D eigenvalue weighted by Gasteiger charge is -2.19. The van der Waals surface area contributed by atoms with Crippen molar-refractivity contribution in [2.45, 2.75) is 32.1 Å². The van der Waals surface area contributed by atoms with Crippen LogP contribution in [0.4, 0.5) is 15.8 Å². The van der Waals surface area contributed by atoms with Gasteiger partial charge in [-0.05, 0) is 49.2 Å². The first kappa shape index (κ1) is 23.4. The lowest BCUT2D eigenvalue weighted by Crippen LogP contribution is -2.34. The molecule has 2 aliphatic rings. The van der Waals surface area contributed by atoms with Gasteiger partial charge in [0, 0.05) is 24.2 Å². The molecule has 0 spiro atoms. The van der Waals surface area contributed by atoms with Crippen LogP contribution in [0.3, 0.4) is 0 Å². The summed E-state index contributed by atoms with van der Waals surface area (Å²) < 4.78 is 18.7. The summed E-state index contributed by atoms with van der Waals surface area (Å²) in [5.41, 5.74) is 0.827. The largest absolute Gasteiger partial charge is 0.495 e. The molecule has 1 heterocycles. The Balaban J connectivity index is 1.39. The quantitative estimate of drug-likeness (QED) is 0.606. The Bertz CT molecular complexity index is 1110. The van der Waals surface area contributed by atoms with Crippen LogP contribution in [0.2, 0.25) is 0 Å². The van der Waals surface area contributed by atoms with Crippen molar-refractivity contribution in [3.05, 3.63) is 53.8 Å². The minimum absolute atomic E-state index is 0.0338. The van der Waals surface area contributed by atoms with E-state index >= 15 is 0 Å². The lowest BCUT2D eigenvalue weighted by atomic mass is 9.81. The molecule has 2 N–H and O–H groups in total. The Morgan fingerprint density at radius 1 is 1.03 bits per heavy atom. The van der Waals surface area contributed by atoms with Crippen LogP contribution >= 0.6 is 0 Å². The molecule has 4 rings (SSSR count). The molecule has 2 fully saturated rings. The molecule has 1 saturated carbocycles. The molecule has 4 amide bonds. The zero-order chi connectivity index (χ0) is 24.2. The average molecular weight is 467 g/mol. The number of fused-ring (bicyclic) bond motifs is 1. The van der Waals surface area contributed by atoms with E-state index in [2.05, 4.69) is 10.6 Å². The van der Waals surface area contributed by atoms with Gasteiger partial charge in [-0.3, -0.25) is 24.1 Å². The van der Waals surface area contributed by atoms with Crippen LogP contribution in [0.15, 0.2) is 42.5 Å². The monoisotopic (exact) mass is 467 g/mol. The molecule has 9 heteroatoms. The van der Waals surface area contributed by atoms with Crippen molar-refractivity contribution >= 4 is 35.0 Å². The Kier molecular flexibility index (Phi) is 6.90. The van der Waals surface area contributed by atoms with Crippen molar-refractivity contribution in [3.63, 3.8) is 0 Å². The van der Waals surface area contributed by atoms with Gasteiger partial charge in [0.15, 0.2) is 0 Å². The third-order valence-corrected chi connectivity index (χ3v) is 6.31. The highest BCUT2D eigenvalue weighted by Gasteiger charge is 2.47. The first-order valence-electron chi connectivity index (χ1n) is 11.3. The van der Waals surface area contributed by atoms with Crippen LogP contribution < -0.4 is 15.4 Å². The van der Waals surface area contributed by atoms with Crippen LogP contribution in [-0.2, 0) is 14.4 Å². The number of imide groups is 1. The molecule has 2 aromatic carbocycles. The van der Waals surface area contributed by atoms with E-state index in [9.17, 15) is 23.6 Å². The van der Waals surface area contributed by atoms with E-state index in [1.807, 2.05) is 0 Å². The van der Waals surface area contributed by atoms with Gasteiger partial charge in [0.05, 0.1) is 24.6 Å². The molecule has 1 aliphatic heterocycles.